The molecule has 0 amide bonds. The summed E-state index contributed by atoms with van der Waals surface area (Å²) in [6.45, 7) is 1.44. The topological polar surface area (TPSA) is 77.2 Å². The number of ether oxygens (including phenoxy) is 1. The molecule has 25 heavy (non-hydrogen) atoms. The van der Waals surface area contributed by atoms with E-state index < -0.39 is 17.9 Å². The lowest BCUT2D eigenvalue weighted by Crippen LogP contribution is -2.17. The van der Waals surface area contributed by atoms with Gasteiger partial charge in [-0.1, -0.05) is 24.4 Å². The van der Waals surface area contributed by atoms with Gasteiger partial charge < -0.3 is 9.84 Å². The Labute approximate surface area is 149 Å². The molecule has 1 saturated carbocycles. The number of hydrogen-bond acceptors (Lipinski definition) is 4. The molecule has 2 aromatic rings. The molecule has 1 aromatic heterocycles. The van der Waals surface area contributed by atoms with Gasteiger partial charge in [-0.2, -0.15) is 5.10 Å². The van der Waals surface area contributed by atoms with E-state index in [2.05, 4.69) is 10.1 Å². The predicted octanol–water partition coefficient (Wildman–Crippen LogP) is 3.95. The van der Waals surface area contributed by atoms with Crippen LogP contribution in [0.15, 0.2) is 18.2 Å². The van der Waals surface area contributed by atoms with Crippen LogP contribution in [-0.2, 0) is 11.3 Å². The monoisotopic (exact) mass is 367 g/mol. The van der Waals surface area contributed by atoms with Crippen LogP contribution in [0, 0.1) is 5.82 Å². The minimum absolute atomic E-state index is 0.146. The third-order valence-corrected chi connectivity index (χ3v) is 4.58. The summed E-state index contributed by atoms with van der Waals surface area (Å²) in [4.78, 5) is 15.7. The van der Waals surface area contributed by atoms with E-state index >= 15 is 0 Å². The van der Waals surface area contributed by atoms with Crippen molar-refractivity contribution in [1.82, 2.24) is 14.8 Å². The van der Waals surface area contributed by atoms with Gasteiger partial charge >= 0.3 is 5.97 Å². The molecule has 1 heterocycles. The molecule has 0 bridgehead atoms. The fourth-order valence-corrected chi connectivity index (χ4v) is 3.30. The van der Waals surface area contributed by atoms with Gasteiger partial charge in [0.15, 0.2) is 17.8 Å². The lowest BCUT2D eigenvalue weighted by molar-refractivity contribution is -0.138. The van der Waals surface area contributed by atoms with E-state index in [1.807, 2.05) is 0 Å². The molecular formula is C17H19ClFN3O3. The third-order valence-electron chi connectivity index (χ3n) is 4.28. The SMILES string of the molecule is C[C@H](Oc1ccc(F)cc1Cl)c1nc(C2CCCC2)nn1CC(=O)O. The first-order chi connectivity index (χ1) is 11.9. The summed E-state index contributed by atoms with van der Waals surface area (Å²) in [7, 11) is 0. The molecule has 1 fully saturated rings. The summed E-state index contributed by atoms with van der Waals surface area (Å²) < 4.78 is 20.3. The molecule has 0 radical (unpaired) electrons. The largest absolute Gasteiger partial charge is 0.481 e. The Morgan fingerprint density at radius 2 is 2.20 bits per heavy atom. The van der Waals surface area contributed by atoms with Gasteiger partial charge in [0, 0.05) is 5.92 Å². The Morgan fingerprint density at radius 3 is 2.84 bits per heavy atom. The molecule has 6 nitrogen and oxygen atoms in total. The summed E-state index contributed by atoms with van der Waals surface area (Å²) in [5.74, 6) is 0.191. The van der Waals surface area contributed by atoms with E-state index in [-0.39, 0.29) is 17.5 Å². The fraction of sp³-hybridized carbons (Fsp3) is 0.471. The zero-order chi connectivity index (χ0) is 18.0. The lowest BCUT2D eigenvalue weighted by atomic mass is 10.1. The maximum atomic E-state index is 13.2. The van der Waals surface area contributed by atoms with Crippen LogP contribution >= 0.6 is 11.6 Å². The van der Waals surface area contributed by atoms with Crippen LogP contribution in [0.3, 0.4) is 0 Å². The molecule has 1 aliphatic rings. The van der Waals surface area contributed by atoms with E-state index in [1.165, 1.54) is 16.8 Å². The van der Waals surface area contributed by atoms with E-state index in [4.69, 9.17) is 21.4 Å². The number of aromatic nitrogens is 3. The highest BCUT2D eigenvalue weighted by atomic mass is 35.5. The van der Waals surface area contributed by atoms with Crippen LogP contribution in [-0.4, -0.2) is 25.8 Å². The summed E-state index contributed by atoms with van der Waals surface area (Å²) in [5, 5.41) is 13.6. The molecule has 134 valence electrons. The molecule has 0 unspecified atom stereocenters. The molecule has 1 aliphatic carbocycles. The zero-order valence-corrected chi connectivity index (χ0v) is 14.5. The van der Waals surface area contributed by atoms with Crippen LogP contribution < -0.4 is 4.74 Å². The first-order valence-electron chi connectivity index (χ1n) is 8.22. The molecule has 8 heteroatoms. The van der Waals surface area contributed by atoms with Crippen molar-refractivity contribution in [3.8, 4) is 5.75 Å². The van der Waals surface area contributed by atoms with Crippen molar-refractivity contribution in [2.45, 2.75) is 51.2 Å². The van der Waals surface area contributed by atoms with Gasteiger partial charge in [0.05, 0.1) is 5.02 Å². The van der Waals surface area contributed by atoms with Crippen LogP contribution in [0.5, 0.6) is 5.75 Å². The zero-order valence-electron chi connectivity index (χ0n) is 13.8. The lowest BCUT2D eigenvalue weighted by Gasteiger charge is -2.15. The molecule has 1 N–H and O–H groups in total. The second-order valence-electron chi connectivity index (χ2n) is 6.20. The molecule has 0 spiro atoms. The summed E-state index contributed by atoms with van der Waals surface area (Å²) in [6.07, 6.45) is 3.70. The van der Waals surface area contributed by atoms with Gasteiger partial charge in [-0.25, -0.2) is 14.1 Å². The van der Waals surface area contributed by atoms with E-state index in [0.29, 0.717) is 17.4 Å². The highest BCUT2D eigenvalue weighted by Gasteiger charge is 2.26. The van der Waals surface area contributed by atoms with Gasteiger partial charge in [0.25, 0.3) is 0 Å². The van der Waals surface area contributed by atoms with Crippen molar-refractivity contribution in [2.24, 2.45) is 0 Å². The number of carboxylic acids is 1. The van der Waals surface area contributed by atoms with Crippen LogP contribution in [0.2, 0.25) is 5.02 Å². The highest BCUT2D eigenvalue weighted by molar-refractivity contribution is 6.32. The maximum Gasteiger partial charge on any atom is 0.325 e. The molecule has 0 saturated heterocycles. The summed E-state index contributed by atoms with van der Waals surface area (Å²) in [5.41, 5.74) is 0. The Hall–Kier alpha value is -2.15. The fourth-order valence-electron chi connectivity index (χ4n) is 3.09. The molecule has 1 aromatic carbocycles. The Balaban J connectivity index is 1.86. The summed E-state index contributed by atoms with van der Waals surface area (Å²) in [6, 6.07) is 3.85. The Bertz CT molecular complexity index is 774. The van der Waals surface area contributed by atoms with Crippen molar-refractivity contribution in [1.29, 1.82) is 0 Å². The molecule has 3 rings (SSSR count). The Morgan fingerprint density at radius 1 is 1.48 bits per heavy atom. The number of halogens is 2. The van der Waals surface area contributed by atoms with Gasteiger partial charge in [0.2, 0.25) is 0 Å². The van der Waals surface area contributed by atoms with Crippen LogP contribution in [0.1, 0.15) is 56.3 Å². The Kier molecular flexibility index (Phi) is 5.22. The standard InChI is InChI=1S/C17H19ClFN3O3/c1-10(25-14-7-6-12(19)8-13(14)18)17-20-16(11-4-2-3-5-11)21-22(17)9-15(23)24/h6-8,10-11H,2-5,9H2,1H3,(H,23,24)/t10-/m0/s1. The average Bonchev–Trinajstić information content (AvgIpc) is 3.18. The normalized spacial score (nSPS) is 16.1. The third kappa shape index (κ3) is 4.10. The number of benzene rings is 1. The van der Waals surface area contributed by atoms with E-state index in [1.54, 1.807) is 6.92 Å². The van der Waals surface area contributed by atoms with Crippen LogP contribution in [0.4, 0.5) is 4.39 Å². The van der Waals surface area contributed by atoms with Crippen molar-refractivity contribution < 1.29 is 19.0 Å². The van der Waals surface area contributed by atoms with Crippen molar-refractivity contribution in [2.75, 3.05) is 0 Å². The van der Waals surface area contributed by atoms with Crippen molar-refractivity contribution >= 4 is 17.6 Å². The number of carboxylic acid groups (broad SMARTS) is 1. The van der Waals surface area contributed by atoms with Gasteiger partial charge in [-0.05, 0) is 38.0 Å². The second-order valence-corrected chi connectivity index (χ2v) is 6.60. The smallest absolute Gasteiger partial charge is 0.325 e. The first kappa shape index (κ1) is 17.7. The molecule has 0 aliphatic heterocycles. The average molecular weight is 368 g/mol. The van der Waals surface area contributed by atoms with Crippen molar-refractivity contribution in [3.05, 3.63) is 40.7 Å². The molecular weight excluding hydrogens is 349 g/mol. The van der Waals surface area contributed by atoms with Gasteiger partial charge in [-0.3, -0.25) is 4.79 Å². The van der Waals surface area contributed by atoms with E-state index in [9.17, 15) is 9.18 Å². The quantitative estimate of drug-likeness (QED) is 0.836. The van der Waals surface area contributed by atoms with Gasteiger partial charge in [-0.15, -0.1) is 0 Å². The number of hydrogen-bond donors (Lipinski definition) is 1. The van der Waals surface area contributed by atoms with E-state index in [0.717, 1.165) is 31.7 Å². The first-order valence-corrected chi connectivity index (χ1v) is 8.60. The number of rotatable bonds is 6. The highest BCUT2D eigenvalue weighted by Crippen LogP contribution is 2.34. The number of aliphatic carboxylic acids is 1. The minimum Gasteiger partial charge on any atom is -0.481 e. The number of carbonyl (C=O) groups is 1. The van der Waals surface area contributed by atoms with Crippen molar-refractivity contribution in [3.63, 3.8) is 0 Å². The predicted molar refractivity (Wildman–Crippen MR) is 89.3 cm³/mol. The molecule has 1 atom stereocenters. The van der Waals surface area contributed by atoms with Crippen LogP contribution in [0.25, 0.3) is 0 Å². The van der Waals surface area contributed by atoms with Gasteiger partial charge in [0.1, 0.15) is 18.1 Å². The minimum atomic E-state index is -1.00. The summed E-state index contributed by atoms with van der Waals surface area (Å²) >= 11 is 5.99. The second kappa shape index (κ2) is 7.39. The number of nitrogens with zero attached hydrogens (tertiary/aromatic N) is 3. The maximum absolute atomic E-state index is 13.2.